The van der Waals surface area contributed by atoms with Crippen LogP contribution in [-0.4, -0.2) is 16.2 Å². The van der Waals surface area contributed by atoms with Crippen molar-refractivity contribution in [3.63, 3.8) is 0 Å². The fourth-order valence-corrected chi connectivity index (χ4v) is 1.64. The highest BCUT2D eigenvalue weighted by Gasteiger charge is 2.20. The first kappa shape index (κ1) is 11.2. The molecule has 4 nitrogen and oxygen atoms in total. The normalized spacial score (nSPS) is 14.4. The molecular weight excluding hydrogens is 226 g/mol. The van der Waals surface area contributed by atoms with Gasteiger partial charge in [0.25, 0.3) is 0 Å². The van der Waals surface area contributed by atoms with Crippen molar-refractivity contribution in [2.75, 3.05) is 0 Å². The minimum Gasteiger partial charge on any atom is -0.438 e. The number of benzene rings is 1. The maximum Gasteiger partial charge on any atom is 0.238 e. The molecule has 1 N–H and O–H groups in total. The van der Waals surface area contributed by atoms with Crippen molar-refractivity contribution in [3.05, 3.63) is 48.2 Å². The molecule has 0 unspecified atom stereocenters. The summed E-state index contributed by atoms with van der Waals surface area (Å²) in [6, 6.07) is 14.1. The van der Waals surface area contributed by atoms with E-state index in [9.17, 15) is 0 Å². The molecule has 1 aliphatic carbocycles. The highest BCUT2D eigenvalue weighted by molar-refractivity contribution is 5.26. The van der Waals surface area contributed by atoms with Crippen LogP contribution < -0.4 is 10.1 Å². The summed E-state index contributed by atoms with van der Waals surface area (Å²) >= 11 is 0. The zero-order valence-electron chi connectivity index (χ0n) is 10.0. The van der Waals surface area contributed by atoms with E-state index in [4.69, 9.17) is 4.74 Å². The molecule has 0 atom stereocenters. The number of nitrogens with zero attached hydrogens (tertiary/aromatic N) is 2. The maximum absolute atomic E-state index is 5.58. The van der Waals surface area contributed by atoms with Crippen molar-refractivity contribution in [2.45, 2.75) is 25.4 Å². The van der Waals surface area contributed by atoms with E-state index in [1.165, 1.54) is 12.8 Å². The smallest absolute Gasteiger partial charge is 0.238 e. The lowest BCUT2D eigenvalue weighted by Crippen LogP contribution is -2.16. The summed E-state index contributed by atoms with van der Waals surface area (Å²) in [6.07, 6.45) is 2.56. The Morgan fingerprint density at radius 3 is 2.56 bits per heavy atom. The molecule has 0 aliphatic heterocycles. The van der Waals surface area contributed by atoms with Gasteiger partial charge in [0.05, 0.1) is 5.69 Å². The first-order chi connectivity index (χ1) is 8.90. The van der Waals surface area contributed by atoms with Gasteiger partial charge in [-0.2, -0.15) is 5.10 Å². The third-order valence-corrected chi connectivity index (χ3v) is 2.81. The van der Waals surface area contributed by atoms with Gasteiger partial charge in [0.1, 0.15) is 5.75 Å². The summed E-state index contributed by atoms with van der Waals surface area (Å²) in [7, 11) is 0. The average Bonchev–Trinajstić information content (AvgIpc) is 3.23. The number of aromatic nitrogens is 2. The van der Waals surface area contributed by atoms with Gasteiger partial charge in [0, 0.05) is 18.7 Å². The van der Waals surface area contributed by atoms with Crippen molar-refractivity contribution in [1.82, 2.24) is 15.5 Å². The molecule has 0 amide bonds. The van der Waals surface area contributed by atoms with Gasteiger partial charge in [-0.1, -0.05) is 18.2 Å². The molecule has 0 radical (unpaired) electrons. The minimum absolute atomic E-state index is 0.524. The number of rotatable bonds is 5. The van der Waals surface area contributed by atoms with Gasteiger partial charge < -0.3 is 10.1 Å². The second-order valence-corrected chi connectivity index (χ2v) is 4.43. The molecule has 1 heterocycles. The zero-order chi connectivity index (χ0) is 12.2. The largest absolute Gasteiger partial charge is 0.438 e. The molecule has 4 heteroatoms. The second-order valence-electron chi connectivity index (χ2n) is 4.43. The highest BCUT2D eigenvalue weighted by Crippen LogP contribution is 2.20. The van der Waals surface area contributed by atoms with E-state index >= 15 is 0 Å². The quantitative estimate of drug-likeness (QED) is 0.873. The Labute approximate surface area is 106 Å². The predicted molar refractivity (Wildman–Crippen MR) is 68.4 cm³/mol. The van der Waals surface area contributed by atoms with E-state index < -0.39 is 0 Å². The van der Waals surface area contributed by atoms with E-state index in [-0.39, 0.29) is 0 Å². The van der Waals surface area contributed by atoms with Gasteiger partial charge in [0.15, 0.2) is 0 Å². The topological polar surface area (TPSA) is 47.0 Å². The van der Waals surface area contributed by atoms with Crippen LogP contribution in [0, 0.1) is 0 Å². The van der Waals surface area contributed by atoms with E-state index in [1.54, 1.807) is 0 Å². The number of para-hydroxylation sites is 1. The molecule has 0 spiro atoms. The molecular formula is C14H15N3O. The number of ether oxygens (including phenoxy) is 1. The van der Waals surface area contributed by atoms with Crippen LogP contribution in [0.4, 0.5) is 0 Å². The Kier molecular flexibility index (Phi) is 3.19. The van der Waals surface area contributed by atoms with Crippen LogP contribution in [0.1, 0.15) is 18.5 Å². The van der Waals surface area contributed by atoms with Gasteiger partial charge in [-0.25, -0.2) is 0 Å². The second kappa shape index (κ2) is 5.14. The maximum atomic E-state index is 5.58. The van der Waals surface area contributed by atoms with Crippen LogP contribution in [-0.2, 0) is 6.54 Å². The highest BCUT2D eigenvalue weighted by atomic mass is 16.5. The minimum atomic E-state index is 0.524. The Balaban J connectivity index is 1.59. The molecule has 1 saturated carbocycles. The fourth-order valence-electron chi connectivity index (χ4n) is 1.64. The summed E-state index contributed by atoms with van der Waals surface area (Å²) < 4.78 is 5.58. The summed E-state index contributed by atoms with van der Waals surface area (Å²) in [6.45, 7) is 0.781. The SMILES string of the molecule is c1ccc(Oc2ccc(CNC3CC3)nn2)cc1. The van der Waals surface area contributed by atoms with Gasteiger partial charge in [-0.05, 0) is 31.0 Å². The fraction of sp³-hybridized carbons (Fsp3) is 0.286. The first-order valence-corrected chi connectivity index (χ1v) is 6.19. The Morgan fingerprint density at radius 1 is 1.06 bits per heavy atom. The molecule has 1 aliphatic rings. The molecule has 18 heavy (non-hydrogen) atoms. The molecule has 1 fully saturated rings. The molecule has 92 valence electrons. The van der Waals surface area contributed by atoms with Crippen LogP contribution in [0.15, 0.2) is 42.5 Å². The summed E-state index contributed by atoms with van der Waals surface area (Å²) in [5.74, 6) is 1.30. The van der Waals surface area contributed by atoms with Gasteiger partial charge in [-0.15, -0.1) is 5.10 Å². The average molecular weight is 241 g/mol. The Morgan fingerprint density at radius 2 is 1.89 bits per heavy atom. The van der Waals surface area contributed by atoms with Crippen molar-refractivity contribution in [1.29, 1.82) is 0 Å². The van der Waals surface area contributed by atoms with Crippen molar-refractivity contribution < 1.29 is 4.74 Å². The van der Waals surface area contributed by atoms with E-state index in [2.05, 4.69) is 15.5 Å². The van der Waals surface area contributed by atoms with Crippen molar-refractivity contribution >= 4 is 0 Å². The van der Waals surface area contributed by atoms with Crippen molar-refractivity contribution in [2.24, 2.45) is 0 Å². The number of hydrogen-bond donors (Lipinski definition) is 1. The third kappa shape index (κ3) is 3.05. The lowest BCUT2D eigenvalue weighted by Gasteiger charge is -2.05. The monoisotopic (exact) mass is 241 g/mol. The van der Waals surface area contributed by atoms with Gasteiger partial charge >= 0.3 is 0 Å². The van der Waals surface area contributed by atoms with E-state index in [1.807, 2.05) is 42.5 Å². The molecule has 3 rings (SSSR count). The lowest BCUT2D eigenvalue weighted by molar-refractivity contribution is 0.453. The molecule has 1 aromatic heterocycles. The third-order valence-electron chi connectivity index (χ3n) is 2.81. The summed E-state index contributed by atoms with van der Waals surface area (Å²) in [5.41, 5.74) is 0.947. The lowest BCUT2D eigenvalue weighted by atomic mass is 10.3. The van der Waals surface area contributed by atoms with Gasteiger partial charge in [-0.3, -0.25) is 0 Å². The molecule has 2 aromatic rings. The molecule has 0 bridgehead atoms. The van der Waals surface area contributed by atoms with Crippen molar-refractivity contribution in [3.8, 4) is 11.6 Å². The van der Waals surface area contributed by atoms with Crippen LogP contribution in [0.3, 0.4) is 0 Å². The summed E-state index contributed by atoms with van der Waals surface area (Å²) in [5, 5.41) is 11.6. The first-order valence-electron chi connectivity index (χ1n) is 6.19. The number of nitrogens with one attached hydrogen (secondary N) is 1. The van der Waals surface area contributed by atoms with Crippen LogP contribution >= 0.6 is 0 Å². The zero-order valence-corrected chi connectivity index (χ0v) is 10.0. The van der Waals surface area contributed by atoms with E-state index in [0.717, 1.165) is 18.0 Å². The standard InChI is InChI=1S/C14H15N3O/c1-2-4-13(5-3-1)18-14-9-8-12(16-17-14)10-15-11-6-7-11/h1-5,8-9,11,15H,6-7,10H2. The van der Waals surface area contributed by atoms with Crippen LogP contribution in [0.5, 0.6) is 11.6 Å². The predicted octanol–water partition coefficient (Wildman–Crippen LogP) is 2.52. The molecule has 1 aromatic carbocycles. The molecule has 0 saturated heterocycles. The number of hydrogen-bond acceptors (Lipinski definition) is 4. The summed E-state index contributed by atoms with van der Waals surface area (Å²) in [4.78, 5) is 0. The van der Waals surface area contributed by atoms with E-state index in [0.29, 0.717) is 11.9 Å². The Hall–Kier alpha value is -1.94. The van der Waals surface area contributed by atoms with Gasteiger partial charge in [0.2, 0.25) is 5.88 Å². The Bertz CT molecular complexity index is 494. The van der Waals surface area contributed by atoms with Crippen LogP contribution in [0.2, 0.25) is 0 Å². The van der Waals surface area contributed by atoms with Crippen LogP contribution in [0.25, 0.3) is 0 Å².